The molecule has 4 rings (SSSR count). The number of carbonyl (C=O) groups is 1. The van der Waals surface area contributed by atoms with E-state index in [2.05, 4.69) is 24.3 Å². The van der Waals surface area contributed by atoms with Gasteiger partial charge >= 0.3 is 6.18 Å². The number of aryl methyl sites for hydroxylation is 1. The van der Waals surface area contributed by atoms with Gasteiger partial charge in [-0.25, -0.2) is 9.40 Å². The van der Waals surface area contributed by atoms with Crippen molar-refractivity contribution in [2.24, 2.45) is 5.10 Å². The van der Waals surface area contributed by atoms with Crippen LogP contribution in [0.15, 0.2) is 47.6 Å². The lowest BCUT2D eigenvalue weighted by Crippen LogP contribution is -2.65. The number of carbonyl (C=O) groups excluding carboxylic acids is 1. The van der Waals surface area contributed by atoms with E-state index in [0.29, 0.717) is 31.6 Å². The molecule has 2 aliphatic rings. The number of nitrogens with one attached hydrogen (secondary N) is 1. The van der Waals surface area contributed by atoms with Crippen LogP contribution in [0, 0.1) is 24.1 Å². The third-order valence-corrected chi connectivity index (χ3v) is 6.18. The van der Waals surface area contributed by atoms with Crippen LogP contribution in [0.4, 0.5) is 28.9 Å². The van der Waals surface area contributed by atoms with Gasteiger partial charge in [-0.15, -0.1) is 0 Å². The Morgan fingerprint density at radius 3 is 2.30 bits per heavy atom. The maximum atomic E-state index is 14.0. The van der Waals surface area contributed by atoms with Gasteiger partial charge in [0.25, 0.3) is 5.91 Å². The summed E-state index contributed by atoms with van der Waals surface area (Å²) in [7, 11) is 0. The third-order valence-electron chi connectivity index (χ3n) is 6.18. The molecular formula is C27H31F4N5O. The minimum Gasteiger partial charge on any atom is -0.323 e. The molecule has 2 heterocycles. The number of likely N-dealkylation sites (tertiary alicyclic amines) is 1. The van der Waals surface area contributed by atoms with Gasteiger partial charge in [0.2, 0.25) is 5.66 Å². The monoisotopic (exact) mass is 517 g/mol. The lowest BCUT2D eigenvalue weighted by molar-refractivity contribution is -0.128. The van der Waals surface area contributed by atoms with Crippen molar-refractivity contribution >= 4 is 23.0 Å². The van der Waals surface area contributed by atoms with Crippen LogP contribution in [0.3, 0.4) is 0 Å². The topological polar surface area (TPSA) is 71.7 Å². The number of hydrogen-bond acceptors (Lipinski definition) is 5. The lowest BCUT2D eigenvalue weighted by atomic mass is 9.95. The Labute approximate surface area is 214 Å². The lowest BCUT2D eigenvalue weighted by Gasteiger charge is -2.46. The van der Waals surface area contributed by atoms with Gasteiger partial charge in [0.1, 0.15) is 17.6 Å². The van der Waals surface area contributed by atoms with E-state index in [1.807, 2.05) is 6.92 Å². The molecule has 1 atom stereocenters. The molecular weight excluding hydrogens is 486 g/mol. The number of halogens is 4. The summed E-state index contributed by atoms with van der Waals surface area (Å²) in [6.07, 6.45) is -1.90. The molecule has 2 aromatic carbocycles. The van der Waals surface area contributed by atoms with Crippen molar-refractivity contribution in [3.8, 4) is 6.07 Å². The second kappa shape index (κ2) is 11.7. The molecule has 0 bridgehead atoms. The number of piperidine rings is 1. The third kappa shape index (κ3) is 6.10. The van der Waals surface area contributed by atoms with E-state index < -0.39 is 35.7 Å². The van der Waals surface area contributed by atoms with Crippen molar-refractivity contribution in [1.82, 2.24) is 4.90 Å². The van der Waals surface area contributed by atoms with Crippen LogP contribution in [-0.2, 0) is 4.79 Å². The maximum Gasteiger partial charge on any atom is 0.431 e. The molecule has 10 heteroatoms. The smallest absolute Gasteiger partial charge is 0.323 e. The minimum absolute atomic E-state index is 0.0295. The average Bonchev–Trinajstić information content (AvgIpc) is 3.29. The summed E-state index contributed by atoms with van der Waals surface area (Å²) >= 11 is 0. The summed E-state index contributed by atoms with van der Waals surface area (Å²) in [6, 6.07) is 12.0. The molecule has 2 aliphatic heterocycles. The predicted octanol–water partition coefficient (Wildman–Crippen LogP) is 6.37. The van der Waals surface area contributed by atoms with Gasteiger partial charge in [0.05, 0.1) is 11.3 Å². The Morgan fingerprint density at radius 2 is 1.73 bits per heavy atom. The van der Waals surface area contributed by atoms with Crippen LogP contribution in [-0.4, -0.2) is 41.4 Å². The SMILES string of the molecule is CCC.Cc1ccc(NC(=O)[C@@]2(N3CCCCC3)CC(C(F)(F)F)=NN2c2ccc(F)c(C#N)c2)cc1. The molecule has 1 saturated heterocycles. The van der Waals surface area contributed by atoms with E-state index in [1.54, 1.807) is 35.2 Å². The molecule has 0 radical (unpaired) electrons. The second-order valence-electron chi connectivity index (χ2n) is 9.20. The molecule has 0 unspecified atom stereocenters. The fourth-order valence-corrected chi connectivity index (χ4v) is 4.40. The zero-order valence-corrected chi connectivity index (χ0v) is 21.2. The molecule has 1 amide bonds. The molecule has 0 saturated carbocycles. The molecule has 6 nitrogen and oxygen atoms in total. The number of amides is 1. The standard InChI is InChI=1S/C24H23F4N5O.C3H8/c1-16-5-7-18(8-6-16)30-22(34)23(32-11-3-2-4-12-32)14-21(24(26,27)28)31-33(23)19-9-10-20(25)17(13-19)15-29;1-3-2/h5-10,13H,2-4,11-12,14H2,1H3,(H,30,34);3H2,1-2H3/t23-;/m1./s1. The first-order chi connectivity index (χ1) is 17.6. The largest absolute Gasteiger partial charge is 0.431 e. The highest BCUT2D eigenvalue weighted by Crippen LogP contribution is 2.42. The van der Waals surface area contributed by atoms with Crippen molar-refractivity contribution < 1.29 is 22.4 Å². The molecule has 198 valence electrons. The van der Waals surface area contributed by atoms with Crippen LogP contribution >= 0.6 is 0 Å². The highest BCUT2D eigenvalue weighted by Gasteiger charge is 2.58. The number of benzene rings is 2. The quantitative estimate of drug-likeness (QED) is 0.479. The summed E-state index contributed by atoms with van der Waals surface area (Å²) in [6.45, 7) is 6.92. The van der Waals surface area contributed by atoms with E-state index in [1.165, 1.54) is 12.5 Å². The van der Waals surface area contributed by atoms with Crippen molar-refractivity contribution in [3.63, 3.8) is 0 Å². The molecule has 1 fully saturated rings. The maximum absolute atomic E-state index is 14.0. The van der Waals surface area contributed by atoms with Gasteiger partial charge in [-0.2, -0.15) is 23.5 Å². The summed E-state index contributed by atoms with van der Waals surface area (Å²) < 4.78 is 55.7. The second-order valence-corrected chi connectivity index (χ2v) is 9.20. The summed E-state index contributed by atoms with van der Waals surface area (Å²) in [5.74, 6) is -1.48. The van der Waals surface area contributed by atoms with Crippen molar-refractivity contribution in [2.45, 2.75) is 64.7 Å². The van der Waals surface area contributed by atoms with Crippen molar-refractivity contribution in [1.29, 1.82) is 5.26 Å². The van der Waals surface area contributed by atoms with Gasteiger partial charge in [-0.3, -0.25) is 9.69 Å². The number of hydrazone groups is 1. The Kier molecular flexibility index (Phi) is 8.92. The van der Waals surface area contributed by atoms with Crippen LogP contribution in [0.2, 0.25) is 0 Å². The van der Waals surface area contributed by atoms with E-state index in [9.17, 15) is 27.6 Å². The first-order valence-corrected chi connectivity index (χ1v) is 12.3. The van der Waals surface area contributed by atoms with Crippen LogP contribution in [0.5, 0.6) is 0 Å². The minimum atomic E-state index is -4.77. The average molecular weight is 518 g/mol. The molecule has 0 aliphatic carbocycles. The van der Waals surface area contributed by atoms with Crippen molar-refractivity contribution in [2.75, 3.05) is 23.4 Å². The fourth-order valence-electron chi connectivity index (χ4n) is 4.40. The Balaban J connectivity index is 0.00000121. The number of rotatable bonds is 4. The van der Waals surface area contributed by atoms with Gasteiger partial charge < -0.3 is 5.32 Å². The van der Waals surface area contributed by atoms with E-state index in [4.69, 9.17) is 0 Å². The molecule has 1 N–H and O–H groups in total. The number of hydrogen-bond donors (Lipinski definition) is 1. The molecule has 37 heavy (non-hydrogen) atoms. The molecule has 2 aromatic rings. The predicted molar refractivity (Wildman–Crippen MR) is 136 cm³/mol. The summed E-state index contributed by atoms with van der Waals surface area (Å²) in [5, 5.41) is 16.9. The van der Waals surface area contributed by atoms with Gasteiger partial charge in [0.15, 0.2) is 0 Å². The number of nitriles is 1. The summed E-state index contributed by atoms with van der Waals surface area (Å²) in [4.78, 5) is 15.5. The highest BCUT2D eigenvalue weighted by molar-refractivity contribution is 6.07. The Morgan fingerprint density at radius 1 is 1.11 bits per heavy atom. The van der Waals surface area contributed by atoms with E-state index >= 15 is 0 Å². The van der Waals surface area contributed by atoms with Gasteiger partial charge in [-0.1, -0.05) is 44.4 Å². The normalized spacial score (nSPS) is 19.9. The molecule has 0 aromatic heterocycles. The fraction of sp³-hybridized carbons (Fsp3) is 0.444. The molecule has 0 spiro atoms. The first-order valence-electron chi connectivity index (χ1n) is 12.3. The number of nitrogens with zero attached hydrogens (tertiary/aromatic N) is 4. The van der Waals surface area contributed by atoms with E-state index in [-0.39, 0.29) is 11.3 Å². The zero-order chi connectivity index (χ0) is 27.2. The van der Waals surface area contributed by atoms with E-state index in [0.717, 1.165) is 29.1 Å². The number of alkyl halides is 3. The summed E-state index contributed by atoms with van der Waals surface area (Å²) in [5.41, 5.74) is -1.87. The van der Waals surface area contributed by atoms with Crippen molar-refractivity contribution in [3.05, 3.63) is 59.4 Å². The number of anilines is 2. The van der Waals surface area contributed by atoms with Gasteiger partial charge in [-0.05, 0) is 50.1 Å². The zero-order valence-electron chi connectivity index (χ0n) is 21.2. The highest BCUT2D eigenvalue weighted by atomic mass is 19.4. The van der Waals surface area contributed by atoms with Crippen LogP contribution in [0.1, 0.15) is 57.1 Å². The Hall–Kier alpha value is -3.45. The first kappa shape index (κ1) is 28.1. The van der Waals surface area contributed by atoms with Crippen LogP contribution < -0.4 is 10.3 Å². The van der Waals surface area contributed by atoms with Crippen LogP contribution in [0.25, 0.3) is 0 Å². The van der Waals surface area contributed by atoms with Gasteiger partial charge in [0, 0.05) is 25.2 Å². The Bertz CT molecular complexity index is 1170.